The van der Waals surface area contributed by atoms with Gasteiger partial charge >= 0.3 is 0 Å². The van der Waals surface area contributed by atoms with Crippen LogP contribution < -0.4 is 11.1 Å². The number of hydrogen-bond donors (Lipinski definition) is 2. The molecule has 0 atom stereocenters. The second-order valence-electron chi connectivity index (χ2n) is 4.23. The molecule has 3 N–H and O–H groups in total. The number of rotatable bonds is 9. The summed E-state index contributed by atoms with van der Waals surface area (Å²) in [5.74, 6) is 0.0154. The number of nitrogens with two attached hydrogens (primary N) is 1. The SMILES string of the molecule is COCCOCCCNC(=O)Cc1ccc(N)cc1. The van der Waals surface area contributed by atoms with Crippen molar-refractivity contribution in [2.75, 3.05) is 39.2 Å². The van der Waals surface area contributed by atoms with Crippen LogP contribution in [0.2, 0.25) is 0 Å². The predicted molar refractivity (Wildman–Crippen MR) is 74.9 cm³/mol. The number of ether oxygens (including phenoxy) is 2. The quantitative estimate of drug-likeness (QED) is 0.516. The molecule has 1 amide bonds. The van der Waals surface area contributed by atoms with Gasteiger partial charge in [0.15, 0.2) is 0 Å². The number of nitrogens with one attached hydrogen (secondary N) is 1. The first kappa shape index (κ1) is 15.5. The largest absolute Gasteiger partial charge is 0.399 e. The number of benzene rings is 1. The molecule has 5 nitrogen and oxygen atoms in total. The molecule has 0 aromatic heterocycles. The summed E-state index contributed by atoms with van der Waals surface area (Å²) in [6.45, 7) is 2.45. The molecule has 0 aliphatic carbocycles. The Kier molecular flexibility index (Phi) is 7.62. The monoisotopic (exact) mass is 266 g/mol. The van der Waals surface area contributed by atoms with Gasteiger partial charge in [-0.15, -0.1) is 0 Å². The van der Waals surface area contributed by atoms with E-state index in [0.29, 0.717) is 38.5 Å². The van der Waals surface area contributed by atoms with E-state index in [0.717, 1.165) is 12.0 Å². The van der Waals surface area contributed by atoms with E-state index in [-0.39, 0.29) is 5.91 Å². The molecule has 1 aromatic carbocycles. The van der Waals surface area contributed by atoms with Gasteiger partial charge in [-0.1, -0.05) is 12.1 Å². The molecule has 0 spiro atoms. The van der Waals surface area contributed by atoms with Gasteiger partial charge in [-0.2, -0.15) is 0 Å². The molecule has 0 saturated heterocycles. The summed E-state index contributed by atoms with van der Waals surface area (Å²) in [6, 6.07) is 7.32. The summed E-state index contributed by atoms with van der Waals surface area (Å²) >= 11 is 0. The lowest BCUT2D eigenvalue weighted by Crippen LogP contribution is -2.26. The van der Waals surface area contributed by atoms with Crippen LogP contribution in [0.25, 0.3) is 0 Å². The molecule has 1 rings (SSSR count). The fraction of sp³-hybridized carbons (Fsp3) is 0.500. The van der Waals surface area contributed by atoms with Crippen LogP contribution in [0.1, 0.15) is 12.0 Å². The molecule has 106 valence electrons. The van der Waals surface area contributed by atoms with E-state index < -0.39 is 0 Å². The number of methoxy groups -OCH3 is 1. The summed E-state index contributed by atoms with van der Waals surface area (Å²) in [6.07, 6.45) is 1.18. The first-order valence-corrected chi connectivity index (χ1v) is 6.40. The Labute approximate surface area is 114 Å². The van der Waals surface area contributed by atoms with Gasteiger partial charge in [0, 0.05) is 25.9 Å². The zero-order valence-electron chi connectivity index (χ0n) is 11.4. The van der Waals surface area contributed by atoms with Gasteiger partial charge in [0.25, 0.3) is 0 Å². The molecular formula is C14H22N2O3. The van der Waals surface area contributed by atoms with E-state index in [1.807, 2.05) is 12.1 Å². The lowest BCUT2D eigenvalue weighted by molar-refractivity contribution is -0.120. The molecule has 0 saturated carbocycles. The van der Waals surface area contributed by atoms with Crippen LogP contribution in [-0.2, 0) is 20.7 Å². The minimum absolute atomic E-state index is 0.0154. The van der Waals surface area contributed by atoms with Crippen LogP contribution in [0.4, 0.5) is 5.69 Å². The first-order chi connectivity index (χ1) is 9.22. The molecule has 0 heterocycles. The molecule has 0 bridgehead atoms. The van der Waals surface area contributed by atoms with E-state index in [2.05, 4.69) is 5.32 Å². The molecule has 0 unspecified atom stereocenters. The summed E-state index contributed by atoms with van der Waals surface area (Å²) in [5.41, 5.74) is 7.25. The number of carbonyl (C=O) groups excluding carboxylic acids is 1. The van der Waals surface area contributed by atoms with Crippen molar-refractivity contribution >= 4 is 11.6 Å². The molecule has 0 aliphatic heterocycles. The predicted octanol–water partition coefficient (Wildman–Crippen LogP) is 0.981. The van der Waals surface area contributed by atoms with Gasteiger partial charge in [-0.05, 0) is 24.1 Å². The topological polar surface area (TPSA) is 73.6 Å². The third-order valence-corrected chi connectivity index (χ3v) is 2.56. The summed E-state index contributed by atoms with van der Waals surface area (Å²) in [5, 5.41) is 2.86. The number of anilines is 1. The normalized spacial score (nSPS) is 10.4. The van der Waals surface area contributed by atoms with Crippen LogP contribution in [0, 0.1) is 0 Å². The van der Waals surface area contributed by atoms with Crippen molar-refractivity contribution in [3.8, 4) is 0 Å². The van der Waals surface area contributed by atoms with Crippen LogP contribution in [0.3, 0.4) is 0 Å². The maximum Gasteiger partial charge on any atom is 0.224 e. The van der Waals surface area contributed by atoms with Crippen molar-refractivity contribution < 1.29 is 14.3 Å². The third kappa shape index (κ3) is 7.43. The fourth-order valence-electron chi connectivity index (χ4n) is 1.53. The summed E-state index contributed by atoms with van der Waals surface area (Å²) < 4.78 is 10.2. The van der Waals surface area contributed by atoms with E-state index in [1.165, 1.54) is 0 Å². The Hall–Kier alpha value is -1.59. The van der Waals surface area contributed by atoms with Gasteiger partial charge in [-0.3, -0.25) is 4.79 Å². The van der Waals surface area contributed by atoms with Gasteiger partial charge < -0.3 is 20.5 Å². The highest BCUT2D eigenvalue weighted by Crippen LogP contribution is 2.05. The minimum Gasteiger partial charge on any atom is -0.399 e. The molecule has 5 heteroatoms. The van der Waals surface area contributed by atoms with E-state index in [1.54, 1.807) is 19.2 Å². The Morgan fingerprint density at radius 3 is 2.63 bits per heavy atom. The number of amides is 1. The molecule has 0 aliphatic rings. The maximum atomic E-state index is 11.6. The third-order valence-electron chi connectivity index (χ3n) is 2.56. The lowest BCUT2D eigenvalue weighted by atomic mass is 10.1. The number of carbonyl (C=O) groups is 1. The average molecular weight is 266 g/mol. The van der Waals surface area contributed by atoms with Crippen LogP contribution in [0.5, 0.6) is 0 Å². The van der Waals surface area contributed by atoms with Gasteiger partial charge in [0.2, 0.25) is 5.91 Å². The average Bonchev–Trinajstić information content (AvgIpc) is 2.40. The van der Waals surface area contributed by atoms with E-state index in [4.69, 9.17) is 15.2 Å². The smallest absolute Gasteiger partial charge is 0.224 e. The number of hydrogen-bond acceptors (Lipinski definition) is 4. The Morgan fingerprint density at radius 1 is 1.21 bits per heavy atom. The van der Waals surface area contributed by atoms with Crippen LogP contribution >= 0.6 is 0 Å². The zero-order valence-corrected chi connectivity index (χ0v) is 11.4. The molecule has 0 radical (unpaired) electrons. The van der Waals surface area contributed by atoms with Crippen molar-refractivity contribution in [2.24, 2.45) is 0 Å². The first-order valence-electron chi connectivity index (χ1n) is 6.40. The molecule has 19 heavy (non-hydrogen) atoms. The summed E-state index contributed by atoms with van der Waals surface area (Å²) in [4.78, 5) is 11.6. The van der Waals surface area contributed by atoms with Crippen LogP contribution in [-0.4, -0.2) is 39.4 Å². The van der Waals surface area contributed by atoms with Gasteiger partial charge in [0.05, 0.1) is 19.6 Å². The van der Waals surface area contributed by atoms with Gasteiger partial charge in [-0.25, -0.2) is 0 Å². The Bertz CT molecular complexity index is 365. The lowest BCUT2D eigenvalue weighted by Gasteiger charge is -2.06. The zero-order chi connectivity index (χ0) is 13.9. The number of nitrogen functional groups attached to an aromatic ring is 1. The van der Waals surface area contributed by atoms with Crippen LogP contribution in [0.15, 0.2) is 24.3 Å². The van der Waals surface area contributed by atoms with Crippen molar-refractivity contribution in [2.45, 2.75) is 12.8 Å². The standard InChI is InChI=1S/C14H22N2O3/c1-18-9-10-19-8-2-7-16-14(17)11-12-3-5-13(15)6-4-12/h3-6H,2,7-11,15H2,1H3,(H,16,17). The van der Waals surface area contributed by atoms with Crippen molar-refractivity contribution in [3.63, 3.8) is 0 Å². The second-order valence-corrected chi connectivity index (χ2v) is 4.23. The molecule has 0 fully saturated rings. The van der Waals surface area contributed by atoms with E-state index in [9.17, 15) is 4.79 Å². The van der Waals surface area contributed by atoms with Crippen molar-refractivity contribution in [3.05, 3.63) is 29.8 Å². The second kappa shape index (κ2) is 9.35. The summed E-state index contributed by atoms with van der Waals surface area (Å²) in [7, 11) is 1.64. The highest BCUT2D eigenvalue weighted by molar-refractivity contribution is 5.78. The maximum absolute atomic E-state index is 11.6. The minimum atomic E-state index is 0.0154. The Morgan fingerprint density at radius 2 is 1.95 bits per heavy atom. The fourth-order valence-corrected chi connectivity index (χ4v) is 1.53. The molecule has 1 aromatic rings. The van der Waals surface area contributed by atoms with E-state index >= 15 is 0 Å². The highest BCUT2D eigenvalue weighted by Gasteiger charge is 2.02. The Balaban J connectivity index is 2.06. The van der Waals surface area contributed by atoms with Gasteiger partial charge in [0.1, 0.15) is 0 Å². The highest BCUT2D eigenvalue weighted by atomic mass is 16.5. The van der Waals surface area contributed by atoms with Crippen molar-refractivity contribution in [1.82, 2.24) is 5.32 Å². The van der Waals surface area contributed by atoms with Crippen molar-refractivity contribution in [1.29, 1.82) is 0 Å². The molecular weight excluding hydrogens is 244 g/mol.